The molecule has 2 N–H and O–H groups in total. The number of hydrogen-bond donors (Lipinski definition) is 1. The van der Waals surface area contributed by atoms with Gasteiger partial charge in [-0.15, -0.1) is 0 Å². The van der Waals surface area contributed by atoms with Crippen LogP contribution in [-0.2, 0) is 0 Å². The number of unbranched alkanes of at least 4 members (excludes halogenated alkanes) is 4. The Morgan fingerprint density at radius 2 is 0.913 bits per heavy atom. The Morgan fingerprint density at radius 1 is 0.522 bits per heavy atom. The lowest BCUT2D eigenvalue weighted by Crippen LogP contribution is -1.96. The zero-order valence-corrected chi connectivity index (χ0v) is 15.1. The topological polar surface area (TPSA) is 26.0 Å². The van der Waals surface area contributed by atoms with Crippen LogP contribution in [0.25, 0.3) is 0 Å². The van der Waals surface area contributed by atoms with Crippen molar-refractivity contribution in [3.63, 3.8) is 0 Å². The maximum atomic E-state index is 5.46. The molecule has 0 aromatic heterocycles. The van der Waals surface area contributed by atoms with Gasteiger partial charge in [0.2, 0.25) is 0 Å². The highest BCUT2D eigenvalue weighted by Gasteiger charge is 1.81. The average Bonchev–Trinajstić information content (AvgIpc) is 2.57. The Bertz CT molecular complexity index is 358. The van der Waals surface area contributed by atoms with Crippen molar-refractivity contribution < 1.29 is 0 Å². The van der Waals surface area contributed by atoms with Gasteiger partial charge in [-0.2, -0.15) is 0 Å². The Kier molecular flexibility index (Phi) is 19.5. The van der Waals surface area contributed by atoms with Crippen LogP contribution in [0, 0.1) is 0 Å². The summed E-state index contributed by atoms with van der Waals surface area (Å²) in [6, 6.07) is 0. The first-order valence-corrected chi connectivity index (χ1v) is 9.36. The zero-order chi connectivity index (χ0) is 16.8. The van der Waals surface area contributed by atoms with Crippen LogP contribution in [0.2, 0.25) is 0 Å². The molecule has 0 heterocycles. The highest BCUT2D eigenvalue weighted by Crippen LogP contribution is 1.99. The third-order valence-electron chi connectivity index (χ3n) is 3.47. The number of rotatable bonds is 15. The van der Waals surface area contributed by atoms with E-state index in [1.807, 2.05) is 0 Å². The van der Waals surface area contributed by atoms with Gasteiger partial charge in [-0.3, -0.25) is 0 Å². The first kappa shape index (κ1) is 21.7. The van der Waals surface area contributed by atoms with Crippen LogP contribution in [0.5, 0.6) is 0 Å². The summed E-state index contributed by atoms with van der Waals surface area (Å²) in [5.41, 5.74) is 5.46. The van der Waals surface area contributed by atoms with Gasteiger partial charge in [-0.1, -0.05) is 80.5 Å². The van der Waals surface area contributed by atoms with Crippen molar-refractivity contribution in [2.75, 3.05) is 6.54 Å². The van der Waals surface area contributed by atoms with Crippen molar-refractivity contribution >= 4 is 0 Å². The molecule has 0 fully saturated rings. The monoisotopic (exact) mass is 315 g/mol. The molecule has 0 aliphatic carbocycles. The molecule has 0 bridgehead atoms. The van der Waals surface area contributed by atoms with Crippen molar-refractivity contribution in [3.05, 3.63) is 60.8 Å². The van der Waals surface area contributed by atoms with Gasteiger partial charge >= 0.3 is 0 Å². The lowest BCUT2D eigenvalue weighted by molar-refractivity contribution is 0.757. The van der Waals surface area contributed by atoms with Gasteiger partial charge in [0.05, 0.1) is 0 Å². The van der Waals surface area contributed by atoms with Crippen LogP contribution >= 0.6 is 0 Å². The van der Waals surface area contributed by atoms with Gasteiger partial charge in [0.25, 0.3) is 0 Å². The SMILES string of the molecule is CCCCC=CCC=CCC=CCC=CCC=CCCCCN. The van der Waals surface area contributed by atoms with Gasteiger partial charge in [0.15, 0.2) is 0 Å². The summed E-state index contributed by atoms with van der Waals surface area (Å²) in [6.07, 6.45) is 34.0. The molecule has 0 atom stereocenters. The fourth-order valence-electron chi connectivity index (χ4n) is 2.05. The molecule has 130 valence electrons. The Morgan fingerprint density at radius 3 is 1.30 bits per heavy atom. The van der Waals surface area contributed by atoms with Gasteiger partial charge in [-0.25, -0.2) is 0 Å². The van der Waals surface area contributed by atoms with E-state index in [9.17, 15) is 0 Å². The van der Waals surface area contributed by atoms with E-state index in [-0.39, 0.29) is 0 Å². The fourth-order valence-corrected chi connectivity index (χ4v) is 2.05. The molecule has 23 heavy (non-hydrogen) atoms. The molecular weight excluding hydrogens is 278 g/mol. The lowest BCUT2D eigenvalue weighted by atomic mass is 10.2. The minimum Gasteiger partial charge on any atom is -0.330 e. The summed E-state index contributed by atoms with van der Waals surface area (Å²) in [6.45, 7) is 3.04. The molecular formula is C22H37N. The third-order valence-corrected chi connectivity index (χ3v) is 3.47. The van der Waals surface area contributed by atoms with E-state index in [1.165, 1.54) is 25.7 Å². The summed E-state index contributed by atoms with van der Waals surface area (Å²) in [5.74, 6) is 0. The minimum atomic E-state index is 0.810. The van der Waals surface area contributed by atoms with Crippen molar-refractivity contribution in [3.8, 4) is 0 Å². The summed E-state index contributed by atoms with van der Waals surface area (Å²) in [4.78, 5) is 0. The number of allylic oxidation sites excluding steroid dienone is 10. The maximum absolute atomic E-state index is 5.46. The molecule has 0 aromatic rings. The molecule has 0 aliphatic heterocycles. The smallest absolute Gasteiger partial charge is 0.00772 e. The average molecular weight is 316 g/mol. The number of nitrogens with two attached hydrogens (primary N) is 1. The molecule has 0 spiro atoms. The highest BCUT2D eigenvalue weighted by atomic mass is 14.5. The molecule has 1 heteroatoms. The van der Waals surface area contributed by atoms with E-state index in [0.29, 0.717) is 0 Å². The molecule has 1 nitrogen and oxygen atoms in total. The second-order valence-corrected chi connectivity index (χ2v) is 5.73. The zero-order valence-electron chi connectivity index (χ0n) is 15.1. The molecule has 0 rings (SSSR count). The molecule has 0 radical (unpaired) electrons. The third kappa shape index (κ3) is 20.7. The molecule has 0 aromatic carbocycles. The lowest BCUT2D eigenvalue weighted by Gasteiger charge is -1.90. The Hall–Kier alpha value is -1.34. The van der Waals surface area contributed by atoms with E-state index < -0.39 is 0 Å². The Balaban J connectivity index is 3.42. The second kappa shape index (κ2) is 20.7. The summed E-state index contributed by atoms with van der Waals surface area (Å²) in [7, 11) is 0. The molecule has 0 amide bonds. The molecule has 0 saturated heterocycles. The van der Waals surface area contributed by atoms with E-state index in [1.54, 1.807) is 0 Å². The van der Waals surface area contributed by atoms with Crippen LogP contribution in [0.4, 0.5) is 0 Å². The van der Waals surface area contributed by atoms with Crippen molar-refractivity contribution in [1.82, 2.24) is 0 Å². The van der Waals surface area contributed by atoms with E-state index in [0.717, 1.165) is 45.1 Å². The van der Waals surface area contributed by atoms with Gasteiger partial charge in [-0.05, 0) is 57.9 Å². The van der Waals surface area contributed by atoms with Crippen LogP contribution in [-0.4, -0.2) is 6.54 Å². The number of hydrogen-bond acceptors (Lipinski definition) is 1. The van der Waals surface area contributed by atoms with Crippen LogP contribution in [0.15, 0.2) is 60.8 Å². The van der Waals surface area contributed by atoms with E-state index in [2.05, 4.69) is 67.7 Å². The first-order valence-electron chi connectivity index (χ1n) is 9.36. The Labute approximate surface area is 144 Å². The van der Waals surface area contributed by atoms with Gasteiger partial charge < -0.3 is 5.73 Å². The summed E-state index contributed by atoms with van der Waals surface area (Å²) < 4.78 is 0. The van der Waals surface area contributed by atoms with Crippen molar-refractivity contribution in [1.29, 1.82) is 0 Å². The van der Waals surface area contributed by atoms with Crippen molar-refractivity contribution in [2.45, 2.75) is 71.1 Å². The largest absolute Gasteiger partial charge is 0.330 e. The van der Waals surface area contributed by atoms with Gasteiger partial charge in [0, 0.05) is 0 Å². The van der Waals surface area contributed by atoms with E-state index in [4.69, 9.17) is 5.73 Å². The highest BCUT2D eigenvalue weighted by molar-refractivity contribution is 5.00. The summed E-state index contributed by atoms with van der Waals surface area (Å²) >= 11 is 0. The van der Waals surface area contributed by atoms with Crippen molar-refractivity contribution in [2.24, 2.45) is 5.73 Å². The standard InChI is InChI=1S/C22H37N/c1-2-3-4-5-6-7-8-9-10-11-12-13-14-15-16-17-18-19-20-21-22-23/h5-6,8-9,11-12,14-15,17-18H,2-4,7,10,13,16,19-23H2,1H3. The predicted octanol–water partition coefficient (Wildman–Crippen LogP) is 6.65. The first-order chi connectivity index (χ1) is 11.4. The second-order valence-electron chi connectivity index (χ2n) is 5.73. The fraction of sp³-hybridized carbons (Fsp3) is 0.545. The summed E-state index contributed by atoms with van der Waals surface area (Å²) in [5, 5.41) is 0. The van der Waals surface area contributed by atoms with Crippen LogP contribution in [0.1, 0.15) is 71.1 Å². The maximum Gasteiger partial charge on any atom is -0.00772 e. The minimum absolute atomic E-state index is 0.810. The van der Waals surface area contributed by atoms with Crippen LogP contribution < -0.4 is 5.73 Å². The molecule has 0 aliphatic rings. The van der Waals surface area contributed by atoms with Crippen LogP contribution in [0.3, 0.4) is 0 Å². The normalized spacial score (nSPS) is 13.0. The molecule has 0 unspecified atom stereocenters. The van der Waals surface area contributed by atoms with Gasteiger partial charge in [0.1, 0.15) is 0 Å². The van der Waals surface area contributed by atoms with E-state index >= 15 is 0 Å². The molecule has 0 saturated carbocycles. The predicted molar refractivity (Wildman–Crippen MR) is 107 cm³/mol. The quantitative estimate of drug-likeness (QED) is 0.266.